The van der Waals surface area contributed by atoms with Gasteiger partial charge in [0, 0.05) is 10.9 Å². The Morgan fingerprint density at radius 1 is 1.11 bits per heavy atom. The van der Waals surface area contributed by atoms with Crippen LogP contribution in [0.3, 0.4) is 0 Å². The van der Waals surface area contributed by atoms with Crippen LogP contribution in [0.1, 0.15) is 23.6 Å². The van der Waals surface area contributed by atoms with E-state index in [1.54, 1.807) is 13.3 Å². The highest BCUT2D eigenvalue weighted by Gasteiger charge is 2.06. The number of aryl methyl sites for hydroxylation is 2. The summed E-state index contributed by atoms with van der Waals surface area (Å²) in [7, 11) is 1.63. The van der Waals surface area contributed by atoms with Crippen LogP contribution >= 0.6 is 11.3 Å². The molecule has 27 heavy (non-hydrogen) atoms. The van der Waals surface area contributed by atoms with Crippen molar-refractivity contribution in [3.8, 4) is 22.8 Å². The largest absolute Gasteiger partial charge is 0.493 e. The minimum atomic E-state index is 0.595. The number of hydrogen-bond acceptors (Lipinski definition) is 6. The summed E-state index contributed by atoms with van der Waals surface area (Å²) >= 11 is 1.53. The van der Waals surface area contributed by atoms with Crippen molar-refractivity contribution in [2.24, 2.45) is 5.10 Å². The van der Waals surface area contributed by atoms with Gasteiger partial charge < -0.3 is 9.47 Å². The lowest BCUT2D eigenvalue weighted by atomic mass is 10.1. The average Bonchev–Trinajstić information content (AvgIpc) is 3.14. The normalized spacial score (nSPS) is 11.0. The van der Waals surface area contributed by atoms with Gasteiger partial charge in [-0.15, -0.1) is 11.3 Å². The molecule has 3 aromatic rings. The van der Waals surface area contributed by atoms with Gasteiger partial charge in [-0.1, -0.05) is 12.1 Å². The molecule has 6 heteroatoms. The van der Waals surface area contributed by atoms with Crippen LogP contribution in [0.25, 0.3) is 11.3 Å². The zero-order chi connectivity index (χ0) is 19.2. The Kier molecular flexibility index (Phi) is 6.08. The summed E-state index contributed by atoms with van der Waals surface area (Å²) in [5.74, 6) is 1.41. The first-order valence-corrected chi connectivity index (χ1v) is 9.61. The minimum Gasteiger partial charge on any atom is -0.493 e. The van der Waals surface area contributed by atoms with Crippen molar-refractivity contribution in [3.63, 3.8) is 0 Å². The number of benzene rings is 2. The predicted molar refractivity (Wildman–Crippen MR) is 112 cm³/mol. The first-order valence-electron chi connectivity index (χ1n) is 8.73. The Morgan fingerprint density at radius 2 is 1.96 bits per heavy atom. The van der Waals surface area contributed by atoms with Gasteiger partial charge in [-0.3, -0.25) is 5.43 Å². The fourth-order valence-corrected chi connectivity index (χ4v) is 3.23. The second-order valence-corrected chi connectivity index (χ2v) is 6.91. The van der Waals surface area contributed by atoms with Gasteiger partial charge in [0.05, 0.1) is 25.6 Å². The number of hydrogen-bond donors (Lipinski definition) is 1. The molecule has 0 amide bonds. The third-order valence-electron chi connectivity index (χ3n) is 4.17. The summed E-state index contributed by atoms with van der Waals surface area (Å²) in [6, 6.07) is 12.1. The van der Waals surface area contributed by atoms with Gasteiger partial charge in [-0.2, -0.15) is 5.10 Å². The number of anilines is 1. The Labute approximate surface area is 163 Å². The van der Waals surface area contributed by atoms with E-state index in [1.165, 1.54) is 22.5 Å². The van der Waals surface area contributed by atoms with Crippen LogP contribution in [0.15, 0.2) is 46.9 Å². The number of nitrogens with one attached hydrogen (secondary N) is 1. The molecule has 0 aliphatic rings. The Bertz CT molecular complexity index is 950. The van der Waals surface area contributed by atoms with E-state index in [4.69, 9.17) is 9.47 Å². The molecule has 0 radical (unpaired) electrons. The lowest BCUT2D eigenvalue weighted by Crippen LogP contribution is -1.96. The predicted octanol–water partition coefficient (Wildman–Crippen LogP) is 5.28. The number of rotatable bonds is 7. The molecule has 0 fully saturated rings. The number of hydrazone groups is 1. The van der Waals surface area contributed by atoms with Crippen molar-refractivity contribution < 1.29 is 9.47 Å². The molecule has 0 unspecified atom stereocenters. The topological polar surface area (TPSA) is 55.7 Å². The van der Waals surface area contributed by atoms with E-state index in [0.29, 0.717) is 12.4 Å². The second-order valence-electron chi connectivity index (χ2n) is 6.05. The van der Waals surface area contributed by atoms with Crippen molar-refractivity contribution >= 4 is 22.7 Å². The van der Waals surface area contributed by atoms with Crippen LogP contribution in [-0.2, 0) is 0 Å². The quantitative estimate of drug-likeness (QED) is 0.447. The molecule has 1 aromatic heterocycles. The van der Waals surface area contributed by atoms with Gasteiger partial charge in [0.25, 0.3) is 0 Å². The molecule has 0 aliphatic heterocycles. The van der Waals surface area contributed by atoms with Crippen LogP contribution in [-0.4, -0.2) is 24.9 Å². The summed E-state index contributed by atoms with van der Waals surface area (Å²) in [5, 5.41) is 7.06. The minimum absolute atomic E-state index is 0.595. The van der Waals surface area contributed by atoms with Crippen molar-refractivity contribution in [2.75, 3.05) is 19.1 Å². The van der Waals surface area contributed by atoms with Crippen molar-refractivity contribution in [3.05, 3.63) is 58.5 Å². The van der Waals surface area contributed by atoms with Crippen LogP contribution in [0.2, 0.25) is 0 Å². The van der Waals surface area contributed by atoms with Gasteiger partial charge in [-0.25, -0.2) is 4.98 Å². The monoisotopic (exact) mass is 381 g/mol. The van der Waals surface area contributed by atoms with Crippen LogP contribution in [0.4, 0.5) is 5.13 Å². The second kappa shape index (κ2) is 8.68. The van der Waals surface area contributed by atoms with E-state index in [0.717, 1.165) is 27.7 Å². The van der Waals surface area contributed by atoms with E-state index < -0.39 is 0 Å². The summed E-state index contributed by atoms with van der Waals surface area (Å²) in [4.78, 5) is 4.60. The van der Waals surface area contributed by atoms with Gasteiger partial charge in [0.1, 0.15) is 0 Å². The molecular formula is C21H23N3O2S. The first kappa shape index (κ1) is 18.9. The van der Waals surface area contributed by atoms with E-state index in [9.17, 15) is 0 Å². The Hall–Kier alpha value is -2.86. The molecule has 0 atom stereocenters. The molecule has 2 aromatic carbocycles. The SMILES string of the molecule is CCOc1ccc(/C=N\Nc2nc(-c3ccc(C)c(C)c3)cs2)cc1OC. The van der Waals surface area contributed by atoms with Crippen LogP contribution in [0, 0.1) is 13.8 Å². The van der Waals surface area contributed by atoms with Gasteiger partial charge in [0.15, 0.2) is 11.5 Å². The van der Waals surface area contributed by atoms with E-state index >= 15 is 0 Å². The van der Waals surface area contributed by atoms with Crippen LogP contribution < -0.4 is 14.9 Å². The molecule has 1 heterocycles. The standard InChI is InChI=1S/C21H23N3O2S/c1-5-26-19-9-7-16(11-20(19)25-4)12-22-24-21-23-18(13-27-21)17-8-6-14(2)15(3)10-17/h6-13H,5H2,1-4H3,(H,23,24)/b22-12-. The van der Waals surface area contributed by atoms with Gasteiger partial charge >= 0.3 is 0 Å². The van der Waals surface area contributed by atoms with Gasteiger partial charge in [-0.05, 0) is 61.7 Å². The van der Waals surface area contributed by atoms with Crippen molar-refractivity contribution in [2.45, 2.75) is 20.8 Å². The number of ether oxygens (including phenoxy) is 2. The van der Waals surface area contributed by atoms with E-state index in [-0.39, 0.29) is 0 Å². The first-order chi connectivity index (χ1) is 13.1. The number of aromatic nitrogens is 1. The molecule has 140 valence electrons. The molecular weight excluding hydrogens is 358 g/mol. The van der Waals surface area contributed by atoms with Crippen molar-refractivity contribution in [1.29, 1.82) is 0 Å². The molecule has 1 N–H and O–H groups in total. The third-order valence-corrected chi connectivity index (χ3v) is 4.92. The molecule has 0 spiro atoms. The summed E-state index contributed by atoms with van der Waals surface area (Å²) in [6.45, 7) is 6.76. The van der Waals surface area contributed by atoms with E-state index in [1.807, 2.05) is 30.5 Å². The molecule has 3 rings (SSSR count). The maximum absolute atomic E-state index is 5.52. The fraction of sp³-hybridized carbons (Fsp3) is 0.238. The zero-order valence-corrected chi connectivity index (χ0v) is 16.8. The highest BCUT2D eigenvalue weighted by atomic mass is 32.1. The number of nitrogens with zero attached hydrogens (tertiary/aromatic N) is 2. The third kappa shape index (κ3) is 4.65. The highest BCUT2D eigenvalue weighted by molar-refractivity contribution is 7.14. The lowest BCUT2D eigenvalue weighted by Gasteiger charge is -2.09. The summed E-state index contributed by atoms with van der Waals surface area (Å²) < 4.78 is 10.9. The highest BCUT2D eigenvalue weighted by Crippen LogP contribution is 2.28. The molecule has 0 aliphatic carbocycles. The molecule has 5 nitrogen and oxygen atoms in total. The Morgan fingerprint density at radius 3 is 2.70 bits per heavy atom. The van der Waals surface area contributed by atoms with Gasteiger partial charge in [0.2, 0.25) is 5.13 Å². The summed E-state index contributed by atoms with van der Waals surface area (Å²) in [6.07, 6.45) is 1.73. The smallest absolute Gasteiger partial charge is 0.203 e. The van der Waals surface area contributed by atoms with Crippen LogP contribution in [0.5, 0.6) is 11.5 Å². The summed E-state index contributed by atoms with van der Waals surface area (Å²) in [5.41, 5.74) is 8.51. The van der Waals surface area contributed by atoms with Crippen molar-refractivity contribution in [1.82, 2.24) is 4.98 Å². The zero-order valence-electron chi connectivity index (χ0n) is 15.9. The average molecular weight is 382 g/mol. The maximum atomic E-state index is 5.52. The molecule has 0 saturated heterocycles. The Balaban J connectivity index is 1.68. The molecule has 0 saturated carbocycles. The number of thiazole rings is 1. The van der Waals surface area contributed by atoms with E-state index in [2.05, 4.69) is 47.6 Å². The lowest BCUT2D eigenvalue weighted by molar-refractivity contribution is 0.311. The molecule has 0 bridgehead atoms. The maximum Gasteiger partial charge on any atom is 0.203 e. The fourth-order valence-electron chi connectivity index (χ4n) is 2.56. The number of methoxy groups -OCH3 is 1.